The van der Waals surface area contributed by atoms with Crippen LogP contribution in [0.25, 0.3) is 0 Å². The maximum absolute atomic E-state index is 13.1. The van der Waals surface area contributed by atoms with Crippen LogP contribution < -0.4 is 5.32 Å². The van der Waals surface area contributed by atoms with Crippen LogP contribution in [0.1, 0.15) is 35.4 Å². The fraction of sp³-hybridized carbons (Fsp3) is 0.368. The molecule has 1 nitrogen and oxygen atoms in total. The highest BCUT2D eigenvalue weighted by molar-refractivity contribution is 5.31. The minimum Gasteiger partial charge on any atom is -0.313 e. The van der Waals surface area contributed by atoms with E-state index in [1.807, 2.05) is 12.1 Å². The normalized spacial score (nSPS) is 15.9. The smallest absolute Gasteiger partial charge is 0.123 e. The van der Waals surface area contributed by atoms with Gasteiger partial charge < -0.3 is 5.32 Å². The highest BCUT2D eigenvalue weighted by atomic mass is 19.1. The zero-order valence-corrected chi connectivity index (χ0v) is 12.5. The van der Waals surface area contributed by atoms with E-state index < -0.39 is 0 Å². The lowest BCUT2D eigenvalue weighted by Gasteiger charge is -2.20. The van der Waals surface area contributed by atoms with Crippen molar-refractivity contribution in [2.75, 3.05) is 6.54 Å². The van der Waals surface area contributed by atoms with E-state index in [0.717, 1.165) is 13.0 Å². The Balaban J connectivity index is 1.77. The van der Waals surface area contributed by atoms with Crippen LogP contribution >= 0.6 is 0 Å². The predicted molar refractivity (Wildman–Crippen MR) is 85.0 cm³/mol. The molecule has 1 atom stereocenters. The highest BCUT2D eigenvalue weighted by Crippen LogP contribution is 2.26. The number of hydrogen-bond acceptors (Lipinski definition) is 1. The minimum atomic E-state index is -0.165. The van der Waals surface area contributed by atoms with E-state index in [1.165, 1.54) is 29.5 Å². The predicted octanol–water partition coefficient (Wildman–Crippen LogP) is 4.21. The van der Waals surface area contributed by atoms with Gasteiger partial charge in [0.15, 0.2) is 0 Å². The van der Waals surface area contributed by atoms with Gasteiger partial charge in [0, 0.05) is 18.5 Å². The molecule has 1 N–H and O–H groups in total. The standard InChI is InChI=1S/C19H22FN/c1-14-4-2-3-5-19(14)16(13-21-18-10-11-18)12-15-6-8-17(20)9-7-15/h2-9,16,18,21H,10-13H2,1H3. The van der Waals surface area contributed by atoms with Crippen LogP contribution in [-0.2, 0) is 6.42 Å². The van der Waals surface area contributed by atoms with Gasteiger partial charge >= 0.3 is 0 Å². The van der Waals surface area contributed by atoms with Crippen molar-refractivity contribution in [3.63, 3.8) is 0 Å². The molecule has 110 valence electrons. The van der Waals surface area contributed by atoms with Gasteiger partial charge in [-0.3, -0.25) is 0 Å². The largest absolute Gasteiger partial charge is 0.313 e. The second-order valence-corrected chi connectivity index (χ2v) is 6.07. The average molecular weight is 283 g/mol. The van der Waals surface area contributed by atoms with Crippen molar-refractivity contribution in [1.82, 2.24) is 5.32 Å². The van der Waals surface area contributed by atoms with Crippen molar-refractivity contribution in [2.45, 2.75) is 38.1 Å². The fourth-order valence-electron chi connectivity index (χ4n) is 2.84. The molecule has 0 heterocycles. The van der Waals surface area contributed by atoms with E-state index in [1.54, 1.807) is 12.1 Å². The van der Waals surface area contributed by atoms with Crippen LogP contribution in [0.4, 0.5) is 4.39 Å². The number of rotatable bonds is 6. The zero-order chi connectivity index (χ0) is 14.7. The molecule has 2 aromatic rings. The van der Waals surface area contributed by atoms with Gasteiger partial charge in [0.25, 0.3) is 0 Å². The lowest BCUT2D eigenvalue weighted by Crippen LogP contribution is -2.25. The van der Waals surface area contributed by atoms with Crippen LogP contribution in [0.3, 0.4) is 0 Å². The second-order valence-electron chi connectivity index (χ2n) is 6.07. The second kappa shape index (κ2) is 6.40. The summed E-state index contributed by atoms with van der Waals surface area (Å²) in [5.74, 6) is 0.277. The van der Waals surface area contributed by atoms with E-state index in [-0.39, 0.29) is 5.82 Å². The maximum atomic E-state index is 13.1. The van der Waals surface area contributed by atoms with Gasteiger partial charge in [0.1, 0.15) is 5.82 Å². The minimum absolute atomic E-state index is 0.165. The van der Waals surface area contributed by atoms with E-state index in [2.05, 4.69) is 36.5 Å². The number of hydrogen-bond donors (Lipinski definition) is 1. The van der Waals surface area contributed by atoms with Crippen molar-refractivity contribution in [1.29, 1.82) is 0 Å². The summed E-state index contributed by atoms with van der Waals surface area (Å²) < 4.78 is 13.1. The van der Waals surface area contributed by atoms with Gasteiger partial charge in [-0.05, 0) is 55.0 Å². The summed E-state index contributed by atoms with van der Waals surface area (Å²) in [6, 6.07) is 16.2. The Hall–Kier alpha value is -1.67. The van der Waals surface area contributed by atoms with Gasteiger partial charge in [-0.2, -0.15) is 0 Å². The molecule has 2 aromatic carbocycles. The van der Waals surface area contributed by atoms with E-state index in [0.29, 0.717) is 12.0 Å². The molecule has 0 aromatic heterocycles. The first-order valence-electron chi connectivity index (χ1n) is 7.76. The molecule has 0 saturated heterocycles. The number of benzene rings is 2. The molecule has 0 bridgehead atoms. The van der Waals surface area contributed by atoms with Gasteiger partial charge in [0.05, 0.1) is 0 Å². The number of halogens is 1. The van der Waals surface area contributed by atoms with Gasteiger partial charge in [-0.1, -0.05) is 36.4 Å². The van der Waals surface area contributed by atoms with Gasteiger partial charge in [-0.15, -0.1) is 0 Å². The number of nitrogens with one attached hydrogen (secondary N) is 1. The van der Waals surface area contributed by atoms with Crippen LogP contribution in [0, 0.1) is 12.7 Å². The Bertz CT molecular complexity index is 587. The van der Waals surface area contributed by atoms with Crippen molar-refractivity contribution in [3.05, 3.63) is 71.0 Å². The Morgan fingerprint density at radius 2 is 1.81 bits per heavy atom. The molecule has 1 aliphatic rings. The number of aryl methyl sites for hydroxylation is 1. The monoisotopic (exact) mass is 283 g/mol. The third-order valence-electron chi connectivity index (χ3n) is 4.25. The summed E-state index contributed by atoms with van der Waals surface area (Å²) in [5.41, 5.74) is 3.93. The first-order valence-corrected chi connectivity index (χ1v) is 7.76. The average Bonchev–Trinajstić information content (AvgIpc) is 3.30. The van der Waals surface area contributed by atoms with Crippen molar-refractivity contribution < 1.29 is 4.39 Å². The van der Waals surface area contributed by atoms with Crippen molar-refractivity contribution in [2.24, 2.45) is 0 Å². The summed E-state index contributed by atoms with van der Waals surface area (Å²) >= 11 is 0. The molecule has 2 heteroatoms. The SMILES string of the molecule is Cc1ccccc1C(CNC1CC1)Cc1ccc(F)cc1. The molecule has 1 aliphatic carbocycles. The molecule has 1 fully saturated rings. The third kappa shape index (κ3) is 3.92. The van der Waals surface area contributed by atoms with E-state index in [4.69, 9.17) is 0 Å². The molecule has 0 amide bonds. The quantitative estimate of drug-likeness (QED) is 0.837. The molecular formula is C19H22FN. The first kappa shape index (κ1) is 14.3. The Morgan fingerprint density at radius 1 is 1.10 bits per heavy atom. The summed E-state index contributed by atoms with van der Waals surface area (Å²) in [5, 5.41) is 3.64. The summed E-state index contributed by atoms with van der Waals surface area (Å²) in [6.45, 7) is 3.16. The third-order valence-corrected chi connectivity index (χ3v) is 4.25. The molecule has 21 heavy (non-hydrogen) atoms. The molecular weight excluding hydrogens is 261 g/mol. The van der Waals surface area contributed by atoms with Gasteiger partial charge in [0.2, 0.25) is 0 Å². The zero-order valence-electron chi connectivity index (χ0n) is 12.5. The molecule has 0 spiro atoms. The topological polar surface area (TPSA) is 12.0 Å². The highest BCUT2D eigenvalue weighted by Gasteiger charge is 2.23. The molecule has 1 unspecified atom stereocenters. The van der Waals surface area contributed by atoms with Crippen LogP contribution in [0.15, 0.2) is 48.5 Å². The molecule has 0 aliphatic heterocycles. The van der Waals surface area contributed by atoms with E-state index >= 15 is 0 Å². The summed E-state index contributed by atoms with van der Waals surface area (Å²) in [4.78, 5) is 0. The van der Waals surface area contributed by atoms with Gasteiger partial charge in [-0.25, -0.2) is 4.39 Å². The van der Waals surface area contributed by atoms with Crippen molar-refractivity contribution in [3.8, 4) is 0 Å². The maximum Gasteiger partial charge on any atom is 0.123 e. The van der Waals surface area contributed by atoms with Crippen LogP contribution in [0.5, 0.6) is 0 Å². The van der Waals surface area contributed by atoms with Crippen LogP contribution in [-0.4, -0.2) is 12.6 Å². The molecule has 3 rings (SSSR count). The molecule has 0 radical (unpaired) electrons. The van der Waals surface area contributed by atoms with E-state index in [9.17, 15) is 4.39 Å². The Morgan fingerprint density at radius 3 is 2.48 bits per heavy atom. The summed E-state index contributed by atoms with van der Waals surface area (Å²) in [6.07, 6.45) is 3.55. The molecule has 1 saturated carbocycles. The first-order chi connectivity index (χ1) is 10.2. The van der Waals surface area contributed by atoms with Crippen molar-refractivity contribution >= 4 is 0 Å². The lowest BCUT2D eigenvalue weighted by molar-refractivity contribution is 0.574. The summed E-state index contributed by atoms with van der Waals surface area (Å²) in [7, 11) is 0. The lowest BCUT2D eigenvalue weighted by atomic mass is 9.89. The van der Waals surface area contributed by atoms with Crippen LogP contribution in [0.2, 0.25) is 0 Å². The Kier molecular flexibility index (Phi) is 4.35. The Labute approximate surface area is 126 Å². The fourth-order valence-corrected chi connectivity index (χ4v) is 2.84.